The van der Waals surface area contributed by atoms with E-state index in [0.717, 1.165) is 17.0 Å². The highest BCUT2D eigenvalue weighted by Gasteiger charge is 2.16. The van der Waals surface area contributed by atoms with Gasteiger partial charge in [0.2, 0.25) is 0 Å². The van der Waals surface area contributed by atoms with Crippen molar-refractivity contribution in [2.75, 3.05) is 5.32 Å². The van der Waals surface area contributed by atoms with E-state index in [2.05, 4.69) is 73.8 Å². The number of benzene rings is 3. The molecule has 2 nitrogen and oxygen atoms in total. The number of rotatable bonds is 4. The number of anilines is 1. The van der Waals surface area contributed by atoms with E-state index >= 15 is 0 Å². The topological polar surface area (TPSA) is 25.2 Å². The van der Waals surface area contributed by atoms with E-state index < -0.39 is 0 Å². The SMILES string of the molecule is Cc1ccc(-c2c(CNc3ccccc3)oc3ccc(C)cc23)cc1. The maximum absolute atomic E-state index is 6.20. The highest BCUT2D eigenvalue weighted by Crippen LogP contribution is 2.36. The molecule has 0 aliphatic carbocycles. The fourth-order valence-electron chi connectivity index (χ4n) is 3.16. The van der Waals surface area contributed by atoms with Crippen LogP contribution in [-0.4, -0.2) is 0 Å². The molecule has 4 aromatic rings. The maximum Gasteiger partial charge on any atom is 0.135 e. The molecule has 0 unspecified atom stereocenters. The van der Waals surface area contributed by atoms with Crippen LogP contribution in [0.1, 0.15) is 16.9 Å². The molecule has 0 bridgehead atoms. The van der Waals surface area contributed by atoms with Gasteiger partial charge in [-0.1, -0.05) is 59.7 Å². The Balaban J connectivity index is 1.79. The van der Waals surface area contributed by atoms with E-state index in [4.69, 9.17) is 4.42 Å². The van der Waals surface area contributed by atoms with Gasteiger partial charge in [0.05, 0.1) is 6.54 Å². The van der Waals surface area contributed by atoms with Crippen molar-refractivity contribution < 1.29 is 4.42 Å². The highest BCUT2D eigenvalue weighted by molar-refractivity contribution is 5.96. The van der Waals surface area contributed by atoms with Crippen LogP contribution in [0.15, 0.2) is 77.2 Å². The zero-order chi connectivity index (χ0) is 17.2. The summed E-state index contributed by atoms with van der Waals surface area (Å²) in [5.74, 6) is 0.966. The smallest absolute Gasteiger partial charge is 0.135 e. The average Bonchev–Trinajstić information content (AvgIpc) is 2.99. The molecular formula is C23H21NO. The third kappa shape index (κ3) is 3.16. The summed E-state index contributed by atoms with van der Waals surface area (Å²) in [6, 6.07) is 25.2. The van der Waals surface area contributed by atoms with Gasteiger partial charge in [0.1, 0.15) is 11.3 Å². The van der Waals surface area contributed by atoms with Crippen molar-refractivity contribution in [3.8, 4) is 11.1 Å². The number of aryl methyl sites for hydroxylation is 2. The molecular weight excluding hydrogens is 306 g/mol. The van der Waals surface area contributed by atoms with Gasteiger partial charge < -0.3 is 9.73 Å². The van der Waals surface area contributed by atoms with Gasteiger partial charge in [0.25, 0.3) is 0 Å². The first-order valence-electron chi connectivity index (χ1n) is 8.59. The van der Waals surface area contributed by atoms with Gasteiger partial charge in [-0.2, -0.15) is 0 Å². The van der Waals surface area contributed by atoms with Crippen molar-refractivity contribution in [2.45, 2.75) is 20.4 Å². The second kappa shape index (κ2) is 6.48. The summed E-state index contributed by atoms with van der Waals surface area (Å²) in [7, 11) is 0. The molecule has 0 atom stereocenters. The van der Waals surface area contributed by atoms with Crippen LogP contribution < -0.4 is 5.32 Å². The fourth-order valence-corrected chi connectivity index (χ4v) is 3.16. The molecule has 124 valence electrons. The second-order valence-electron chi connectivity index (χ2n) is 6.49. The third-order valence-electron chi connectivity index (χ3n) is 4.48. The van der Waals surface area contributed by atoms with Gasteiger partial charge in [-0.3, -0.25) is 0 Å². The third-order valence-corrected chi connectivity index (χ3v) is 4.48. The minimum absolute atomic E-state index is 0.654. The molecule has 25 heavy (non-hydrogen) atoms. The lowest BCUT2D eigenvalue weighted by Crippen LogP contribution is -1.99. The molecule has 0 amide bonds. The van der Waals surface area contributed by atoms with Crippen molar-refractivity contribution in [3.63, 3.8) is 0 Å². The van der Waals surface area contributed by atoms with E-state index in [9.17, 15) is 0 Å². The molecule has 0 saturated carbocycles. The van der Waals surface area contributed by atoms with E-state index in [0.29, 0.717) is 6.54 Å². The monoisotopic (exact) mass is 327 g/mol. The molecule has 1 aromatic heterocycles. The van der Waals surface area contributed by atoms with Crippen LogP contribution in [0.25, 0.3) is 22.1 Å². The Morgan fingerprint density at radius 2 is 1.52 bits per heavy atom. The first-order valence-corrected chi connectivity index (χ1v) is 8.59. The summed E-state index contributed by atoms with van der Waals surface area (Å²) >= 11 is 0. The van der Waals surface area contributed by atoms with Gasteiger partial charge in [-0.15, -0.1) is 0 Å². The largest absolute Gasteiger partial charge is 0.459 e. The molecule has 0 radical (unpaired) electrons. The van der Waals surface area contributed by atoms with E-state index in [1.807, 2.05) is 18.2 Å². The first kappa shape index (κ1) is 15.5. The lowest BCUT2D eigenvalue weighted by atomic mass is 9.99. The second-order valence-corrected chi connectivity index (χ2v) is 6.49. The van der Waals surface area contributed by atoms with Crippen molar-refractivity contribution in [3.05, 3.63) is 89.7 Å². The molecule has 3 aromatic carbocycles. The van der Waals surface area contributed by atoms with Gasteiger partial charge in [-0.25, -0.2) is 0 Å². The zero-order valence-electron chi connectivity index (χ0n) is 14.5. The Morgan fingerprint density at radius 3 is 2.28 bits per heavy atom. The predicted molar refractivity (Wildman–Crippen MR) is 105 cm³/mol. The number of nitrogens with one attached hydrogen (secondary N) is 1. The minimum Gasteiger partial charge on any atom is -0.459 e. The Kier molecular flexibility index (Phi) is 4.02. The lowest BCUT2D eigenvalue weighted by Gasteiger charge is -2.07. The molecule has 0 spiro atoms. The van der Waals surface area contributed by atoms with Crippen molar-refractivity contribution in [1.82, 2.24) is 0 Å². The van der Waals surface area contributed by atoms with E-state index in [1.54, 1.807) is 0 Å². The zero-order valence-corrected chi connectivity index (χ0v) is 14.5. The van der Waals surface area contributed by atoms with Gasteiger partial charge >= 0.3 is 0 Å². The molecule has 4 rings (SSSR count). The van der Waals surface area contributed by atoms with Crippen LogP contribution in [-0.2, 0) is 6.54 Å². The summed E-state index contributed by atoms with van der Waals surface area (Å²) in [6.45, 7) is 4.88. The molecule has 0 aliphatic heterocycles. The summed E-state index contributed by atoms with van der Waals surface area (Å²) in [4.78, 5) is 0. The summed E-state index contributed by atoms with van der Waals surface area (Å²) in [5.41, 5.74) is 6.91. The fraction of sp³-hybridized carbons (Fsp3) is 0.130. The Bertz CT molecular complexity index is 998. The van der Waals surface area contributed by atoms with Crippen LogP contribution in [0.2, 0.25) is 0 Å². The molecule has 1 N–H and O–H groups in total. The van der Waals surface area contributed by atoms with Crippen LogP contribution in [0, 0.1) is 13.8 Å². The molecule has 2 heteroatoms. The normalized spacial score (nSPS) is 11.0. The van der Waals surface area contributed by atoms with Crippen LogP contribution in [0.4, 0.5) is 5.69 Å². The number of fused-ring (bicyclic) bond motifs is 1. The molecule has 0 saturated heterocycles. The maximum atomic E-state index is 6.20. The van der Waals surface area contributed by atoms with Gasteiger partial charge in [0, 0.05) is 16.6 Å². The van der Waals surface area contributed by atoms with Gasteiger partial charge in [-0.05, 0) is 43.7 Å². The van der Waals surface area contributed by atoms with Crippen LogP contribution in [0.3, 0.4) is 0 Å². The van der Waals surface area contributed by atoms with Crippen molar-refractivity contribution >= 4 is 16.7 Å². The van der Waals surface area contributed by atoms with Crippen molar-refractivity contribution in [1.29, 1.82) is 0 Å². The Morgan fingerprint density at radius 1 is 0.800 bits per heavy atom. The number of furan rings is 1. The minimum atomic E-state index is 0.654. The highest BCUT2D eigenvalue weighted by atomic mass is 16.3. The summed E-state index contributed by atoms with van der Waals surface area (Å²) in [6.07, 6.45) is 0. The first-order chi connectivity index (χ1) is 12.2. The lowest BCUT2D eigenvalue weighted by molar-refractivity contribution is 0.561. The van der Waals surface area contributed by atoms with Gasteiger partial charge in [0.15, 0.2) is 0 Å². The van der Waals surface area contributed by atoms with E-state index in [1.165, 1.54) is 27.6 Å². The summed E-state index contributed by atoms with van der Waals surface area (Å²) < 4.78 is 6.20. The quantitative estimate of drug-likeness (QED) is 0.474. The molecule has 0 aliphatic rings. The number of hydrogen-bond acceptors (Lipinski definition) is 2. The number of para-hydroxylation sites is 1. The molecule has 1 heterocycles. The predicted octanol–water partition coefficient (Wildman–Crippen LogP) is 6.33. The van der Waals surface area contributed by atoms with Crippen molar-refractivity contribution in [2.24, 2.45) is 0 Å². The summed E-state index contributed by atoms with van der Waals surface area (Å²) in [5, 5.41) is 4.64. The van der Waals surface area contributed by atoms with Crippen LogP contribution >= 0.6 is 0 Å². The average molecular weight is 327 g/mol. The standard InChI is InChI=1S/C23H21NO/c1-16-8-11-18(12-9-16)23-20-14-17(2)10-13-21(20)25-22(23)15-24-19-6-4-3-5-7-19/h3-14,24H,15H2,1-2H3. The Labute approximate surface area is 148 Å². The van der Waals surface area contributed by atoms with E-state index in [-0.39, 0.29) is 0 Å². The Hall–Kier alpha value is -3.00. The van der Waals surface area contributed by atoms with Crippen LogP contribution in [0.5, 0.6) is 0 Å². The molecule has 0 fully saturated rings. The number of hydrogen-bond donors (Lipinski definition) is 1.